The van der Waals surface area contributed by atoms with Gasteiger partial charge in [0, 0.05) is 36.0 Å². The Morgan fingerprint density at radius 2 is 1.45 bits per heavy atom. The maximum atomic E-state index is 12.1. The summed E-state index contributed by atoms with van der Waals surface area (Å²) < 4.78 is 5.95. The van der Waals surface area contributed by atoms with E-state index in [9.17, 15) is 14.7 Å². The molecule has 3 aromatic rings. The Morgan fingerprint density at radius 3 is 2.00 bits per heavy atom. The van der Waals surface area contributed by atoms with Gasteiger partial charge in [0.05, 0.1) is 0 Å². The van der Waals surface area contributed by atoms with Gasteiger partial charge < -0.3 is 19.5 Å². The van der Waals surface area contributed by atoms with E-state index in [0.29, 0.717) is 11.4 Å². The summed E-state index contributed by atoms with van der Waals surface area (Å²) in [4.78, 5) is 24.6. The normalized spacial score (nSPS) is 16.4. The number of carbonyl (C=O) groups excluding carboxylic acids is 2. The summed E-state index contributed by atoms with van der Waals surface area (Å²) in [6.45, 7) is 4.53. The number of hydrogen-bond donors (Lipinski definition) is 0. The van der Waals surface area contributed by atoms with E-state index in [1.165, 1.54) is 16.0 Å². The first-order chi connectivity index (χ1) is 14.8. The van der Waals surface area contributed by atoms with Crippen LogP contribution in [0.25, 0.3) is 0 Å². The highest BCUT2D eigenvalue weighted by Crippen LogP contribution is 2.33. The monoisotopic (exact) mass is 414 g/mol. The first-order valence-electron chi connectivity index (χ1n) is 10.3. The number of ether oxygens (including phenoxy) is 1. The summed E-state index contributed by atoms with van der Waals surface area (Å²) in [5, 5.41) is 11.0. The molecule has 4 rings (SSSR count). The molecule has 3 aromatic carbocycles. The zero-order chi connectivity index (χ0) is 22.0. The minimum atomic E-state index is -1.19. The molecule has 1 amide bonds. The lowest BCUT2D eigenvalue weighted by Crippen LogP contribution is -2.33. The number of rotatable bonds is 6. The number of benzene rings is 3. The minimum absolute atomic E-state index is 0.0216. The van der Waals surface area contributed by atoms with Crippen molar-refractivity contribution in [1.29, 1.82) is 0 Å². The van der Waals surface area contributed by atoms with Gasteiger partial charge in [-0.25, -0.2) is 0 Å². The molecular weight excluding hydrogens is 390 g/mol. The average Bonchev–Trinajstić information content (AvgIpc) is 3.17. The number of carboxylic acid groups (broad SMARTS) is 1. The van der Waals surface area contributed by atoms with Gasteiger partial charge in [0.15, 0.2) is 0 Å². The number of carboxylic acids is 1. The van der Waals surface area contributed by atoms with E-state index >= 15 is 0 Å². The van der Waals surface area contributed by atoms with E-state index in [2.05, 4.69) is 38.1 Å². The molecule has 1 aliphatic heterocycles. The third kappa shape index (κ3) is 4.31. The molecule has 0 saturated carbocycles. The zero-order valence-corrected chi connectivity index (χ0v) is 17.6. The van der Waals surface area contributed by atoms with Crippen LogP contribution in [0.2, 0.25) is 0 Å². The van der Waals surface area contributed by atoms with Crippen molar-refractivity contribution in [3.8, 4) is 11.5 Å². The van der Waals surface area contributed by atoms with Gasteiger partial charge in [0.1, 0.15) is 11.5 Å². The van der Waals surface area contributed by atoms with Gasteiger partial charge in [-0.1, -0.05) is 56.3 Å². The third-order valence-electron chi connectivity index (χ3n) is 5.91. The highest BCUT2D eigenvalue weighted by Gasteiger charge is 2.31. The summed E-state index contributed by atoms with van der Waals surface area (Å²) in [6, 6.07) is 25.5. The number of amides is 1. The predicted octanol–water partition coefficient (Wildman–Crippen LogP) is 3.91. The molecule has 1 atom stereocenters. The van der Waals surface area contributed by atoms with Crippen molar-refractivity contribution < 1.29 is 19.4 Å². The fourth-order valence-corrected chi connectivity index (χ4v) is 3.91. The van der Waals surface area contributed by atoms with Crippen molar-refractivity contribution in [3.05, 3.63) is 90.0 Å². The van der Waals surface area contributed by atoms with E-state index in [-0.39, 0.29) is 24.3 Å². The Bertz CT molecular complexity index is 1070. The van der Waals surface area contributed by atoms with Crippen LogP contribution in [0.1, 0.15) is 31.4 Å². The average molecular weight is 414 g/mol. The highest BCUT2D eigenvalue weighted by molar-refractivity contribution is 5.99. The molecule has 0 unspecified atom stereocenters. The van der Waals surface area contributed by atoms with E-state index in [1.807, 2.05) is 30.3 Å². The van der Waals surface area contributed by atoms with Crippen molar-refractivity contribution in [2.45, 2.75) is 25.7 Å². The number of anilines is 1. The van der Waals surface area contributed by atoms with Crippen LogP contribution in [0.15, 0.2) is 78.9 Å². The lowest BCUT2D eigenvalue weighted by Gasteiger charge is -2.26. The molecule has 0 radical (unpaired) electrons. The quantitative estimate of drug-likeness (QED) is 0.613. The molecule has 31 heavy (non-hydrogen) atoms. The zero-order valence-electron chi connectivity index (χ0n) is 17.6. The standard InChI is InChI=1S/C26H25NO4/c1-26(2,19-6-4-3-5-7-19)20-8-12-22(13-9-20)31-23-14-10-21(11-15-23)27-17-18(25(29)30)16-24(27)28/h3-15,18H,16-17H2,1-2H3,(H,29,30)/p-1/t18-/m0/s1. The molecule has 5 nitrogen and oxygen atoms in total. The SMILES string of the molecule is CC(C)(c1ccccc1)c1ccc(Oc2ccc(N3C[C@@H](C(=O)[O-])CC3=O)cc2)cc1. The van der Waals surface area contributed by atoms with E-state index in [1.54, 1.807) is 24.3 Å². The summed E-state index contributed by atoms with van der Waals surface area (Å²) in [7, 11) is 0. The molecule has 1 saturated heterocycles. The van der Waals surface area contributed by atoms with Gasteiger partial charge in [-0.2, -0.15) is 0 Å². The van der Waals surface area contributed by atoms with Crippen molar-refractivity contribution in [1.82, 2.24) is 0 Å². The molecule has 0 aliphatic carbocycles. The Labute approximate surface area is 181 Å². The fraction of sp³-hybridized carbons (Fsp3) is 0.231. The van der Waals surface area contributed by atoms with Gasteiger partial charge >= 0.3 is 0 Å². The van der Waals surface area contributed by atoms with Crippen molar-refractivity contribution in [2.75, 3.05) is 11.4 Å². The van der Waals surface area contributed by atoms with E-state index in [4.69, 9.17) is 4.74 Å². The van der Waals surface area contributed by atoms with E-state index < -0.39 is 11.9 Å². The molecule has 0 spiro atoms. The van der Waals surface area contributed by atoms with Gasteiger partial charge in [-0.05, 0) is 47.5 Å². The van der Waals surface area contributed by atoms with Gasteiger partial charge in [0.2, 0.25) is 5.91 Å². The van der Waals surface area contributed by atoms with Gasteiger partial charge in [0.25, 0.3) is 0 Å². The second-order valence-corrected chi connectivity index (χ2v) is 8.34. The predicted molar refractivity (Wildman–Crippen MR) is 117 cm³/mol. The first-order valence-corrected chi connectivity index (χ1v) is 10.3. The van der Waals surface area contributed by atoms with Crippen LogP contribution in [0.3, 0.4) is 0 Å². The molecule has 1 fully saturated rings. The van der Waals surface area contributed by atoms with Gasteiger partial charge in [-0.3, -0.25) is 4.79 Å². The van der Waals surface area contributed by atoms with Crippen LogP contribution in [0, 0.1) is 5.92 Å². The molecular formula is C26H24NO4-. The van der Waals surface area contributed by atoms with Crippen LogP contribution >= 0.6 is 0 Å². The van der Waals surface area contributed by atoms with Crippen LogP contribution in [-0.4, -0.2) is 18.4 Å². The highest BCUT2D eigenvalue weighted by atomic mass is 16.5. The fourth-order valence-electron chi connectivity index (χ4n) is 3.91. The summed E-state index contributed by atoms with van der Waals surface area (Å²) >= 11 is 0. The number of hydrogen-bond acceptors (Lipinski definition) is 4. The third-order valence-corrected chi connectivity index (χ3v) is 5.91. The topological polar surface area (TPSA) is 69.7 Å². The Kier molecular flexibility index (Phi) is 5.51. The smallest absolute Gasteiger partial charge is 0.227 e. The van der Waals surface area contributed by atoms with Crippen LogP contribution in [-0.2, 0) is 15.0 Å². The van der Waals surface area contributed by atoms with Gasteiger partial charge in [-0.15, -0.1) is 0 Å². The number of carbonyl (C=O) groups is 2. The summed E-state index contributed by atoms with van der Waals surface area (Å²) in [6.07, 6.45) is -0.0216. The van der Waals surface area contributed by atoms with Crippen LogP contribution in [0.5, 0.6) is 11.5 Å². The molecule has 0 bridgehead atoms. The Hall–Kier alpha value is -3.60. The molecule has 158 valence electrons. The molecule has 5 heteroatoms. The molecule has 0 N–H and O–H groups in total. The van der Waals surface area contributed by atoms with Crippen LogP contribution < -0.4 is 14.7 Å². The molecule has 0 aromatic heterocycles. The summed E-state index contributed by atoms with van der Waals surface area (Å²) in [5.74, 6) is -0.798. The number of aliphatic carboxylic acids is 1. The largest absolute Gasteiger partial charge is 0.550 e. The molecule has 1 heterocycles. The Balaban J connectivity index is 1.44. The number of nitrogens with zero attached hydrogens (tertiary/aromatic N) is 1. The lowest BCUT2D eigenvalue weighted by atomic mass is 9.78. The Morgan fingerprint density at radius 1 is 0.903 bits per heavy atom. The second kappa shape index (κ2) is 8.26. The lowest BCUT2D eigenvalue weighted by molar-refractivity contribution is -0.310. The second-order valence-electron chi connectivity index (χ2n) is 8.34. The van der Waals surface area contributed by atoms with Crippen molar-refractivity contribution in [3.63, 3.8) is 0 Å². The summed E-state index contributed by atoms with van der Waals surface area (Å²) in [5.41, 5.74) is 2.97. The van der Waals surface area contributed by atoms with Crippen molar-refractivity contribution in [2.24, 2.45) is 5.92 Å². The molecule has 1 aliphatic rings. The van der Waals surface area contributed by atoms with Crippen LogP contribution in [0.4, 0.5) is 5.69 Å². The minimum Gasteiger partial charge on any atom is -0.550 e. The van der Waals surface area contributed by atoms with E-state index in [0.717, 1.165) is 5.75 Å². The first kappa shape index (κ1) is 20.7. The maximum Gasteiger partial charge on any atom is 0.227 e. The maximum absolute atomic E-state index is 12.1. The van der Waals surface area contributed by atoms with Crippen molar-refractivity contribution >= 4 is 17.6 Å².